The SMILES string of the molecule is Cc1cccc(-c2cccc(-c3cccc(-c4ccc(C5=CC=CCC=C5)cc4)c3)c2)c1. The van der Waals surface area contributed by atoms with E-state index in [9.17, 15) is 0 Å². The summed E-state index contributed by atoms with van der Waals surface area (Å²) >= 11 is 0. The van der Waals surface area contributed by atoms with Gasteiger partial charge in [-0.05, 0) is 70.0 Å². The number of benzene rings is 4. The zero-order chi connectivity index (χ0) is 21.8. The number of rotatable bonds is 4. The van der Waals surface area contributed by atoms with Gasteiger partial charge in [-0.2, -0.15) is 0 Å². The van der Waals surface area contributed by atoms with E-state index < -0.39 is 0 Å². The van der Waals surface area contributed by atoms with Crippen molar-refractivity contribution < 1.29 is 0 Å². The van der Waals surface area contributed by atoms with Crippen LogP contribution in [0.15, 0.2) is 127 Å². The van der Waals surface area contributed by atoms with Crippen molar-refractivity contribution >= 4 is 5.57 Å². The summed E-state index contributed by atoms with van der Waals surface area (Å²) in [5, 5.41) is 0. The van der Waals surface area contributed by atoms with Gasteiger partial charge in [0.05, 0.1) is 0 Å². The van der Waals surface area contributed by atoms with Crippen LogP contribution in [0.2, 0.25) is 0 Å². The summed E-state index contributed by atoms with van der Waals surface area (Å²) in [7, 11) is 0. The van der Waals surface area contributed by atoms with Gasteiger partial charge < -0.3 is 0 Å². The lowest BCUT2D eigenvalue weighted by Gasteiger charge is -2.10. The fraction of sp³-hybridized carbons (Fsp3) is 0.0625. The van der Waals surface area contributed by atoms with Crippen LogP contribution in [0.25, 0.3) is 39.0 Å². The number of hydrogen-bond donors (Lipinski definition) is 0. The molecule has 0 radical (unpaired) electrons. The molecule has 0 fully saturated rings. The molecule has 4 aromatic rings. The third-order valence-electron chi connectivity index (χ3n) is 5.94. The van der Waals surface area contributed by atoms with Crippen LogP contribution in [-0.2, 0) is 0 Å². The first-order valence-corrected chi connectivity index (χ1v) is 11.2. The third-order valence-corrected chi connectivity index (χ3v) is 5.94. The third kappa shape index (κ3) is 4.40. The van der Waals surface area contributed by atoms with Crippen molar-refractivity contribution in [3.05, 3.63) is 139 Å². The van der Waals surface area contributed by atoms with Crippen molar-refractivity contribution in [1.29, 1.82) is 0 Å². The molecule has 0 aromatic heterocycles. The zero-order valence-corrected chi connectivity index (χ0v) is 18.3. The predicted molar refractivity (Wildman–Crippen MR) is 138 cm³/mol. The van der Waals surface area contributed by atoms with Crippen LogP contribution in [-0.4, -0.2) is 0 Å². The molecule has 1 aliphatic carbocycles. The fourth-order valence-electron chi connectivity index (χ4n) is 4.21. The van der Waals surface area contributed by atoms with Gasteiger partial charge in [0.15, 0.2) is 0 Å². The van der Waals surface area contributed by atoms with Gasteiger partial charge in [0.25, 0.3) is 0 Å². The van der Waals surface area contributed by atoms with E-state index in [1.807, 2.05) is 0 Å². The van der Waals surface area contributed by atoms with Gasteiger partial charge in [0.2, 0.25) is 0 Å². The zero-order valence-electron chi connectivity index (χ0n) is 18.3. The highest BCUT2D eigenvalue weighted by Gasteiger charge is 2.06. The second-order valence-corrected chi connectivity index (χ2v) is 8.30. The Balaban J connectivity index is 1.45. The van der Waals surface area contributed by atoms with Gasteiger partial charge >= 0.3 is 0 Å². The molecule has 0 saturated heterocycles. The van der Waals surface area contributed by atoms with Crippen LogP contribution in [0.3, 0.4) is 0 Å². The summed E-state index contributed by atoms with van der Waals surface area (Å²) in [6.07, 6.45) is 11.9. The molecule has 154 valence electrons. The molecular weight excluding hydrogens is 384 g/mol. The highest BCUT2D eigenvalue weighted by atomic mass is 14.1. The first-order valence-electron chi connectivity index (χ1n) is 11.2. The Bertz CT molecular complexity index is 1330. The Morgan fingerprint density at radius 1 is 0.500 bits per heavy atom. The van der Waals surface area contributed by atoms with E-state index in [4.69, 9.17) is 0 Å². The minimum atomic E-state index is 0.996. The molecule has 0 spiro atoms. The molecule has 1 aliphatic rings. The monoisotopic (exact) mass is 410 g/mol. The molecule has 4 aromatic carbocycles. The normalized spacial score (nSPS) is 13.0. The molecule has 0 aliphatic heterocycles. The van der Waals surface area contributed by atoms with E-state index in [0.29, 0.717) is 0 Å². The predicted octanol–water partition coefficient (Wildman–Crippen LogP) is 8.90. The minimum absolute atomic E-state index is 0.996. The van der Waals surface area contributed by atoms with Crippen molar-refractivity contribution in [2.24, 2.45) is 0 Å². The second kappa shape index (κ2) is 9.08. The van der Waals surface area contributed by atoms with E-state index >= 15 is 0 Å². The molecule has 0 amide bonds. The van der Waals surface area contributed by atoms with Crippen LogP contribution < -0.4 is 0 Å². The topological polar surface area (TPSA) is 0 Å². The molecule has 0 heteroatoms. The molecule has 0 bridgehead atoms. The van der Waals surface area contributed by atoms with Crippen molar-refractivity contribution in [3.63, 3.8) is 0 Å². The summed E-state index contributed by atoms with van der Waals surface area (Å²) in [4.78, 5) is 0. The smallest absolute Gasteiger partial charge is 0.0163 e. The van der Waals surface area contributed by atoms with Crippen LogP contribution in [0.4, 0.5) is 0 Å². The Labute approximate surface area is 190 Å². The molecule has 0 nitrogen and oxygen atoms in total. The molecule has 0 atom stereocenters. The van der Waals surface area contributed by atoms with Gasteiger partial charge in [0.1, 0.15) is 0 Å². The summed E-state index contributed by atoms with van der Waals surface area (Å²) in [5.41, 5.74) is 11.2. The maximum atomic E-state index is 2.29. The quantitative estimate of drug-likeness (QED) is 0.315. The minimum Gasteiger partial charge on any atom is -0.0807 e. The molecule has 0 unspecified atom stereocenters. The Kier molecular flexibility index (Phi) is 5.68. The largest absolute Gasteiger partial charge is 0.0807 e. The lowest BCUT2D eigenvalue weighted by Crippen LogP contribution is -1.85. The molecule has 0 saturated carbocycles. The highest BCUT2D eigenvalue weighted by molar-refractivity contribution is 5.79. The highest BCUT2D eigenvalue weighted by Crippen LogP contribution is 2.30. The number of hydrogen-bond acceptors (Lipinski definition) is 0. The summed E-state index contributed by atoms with van der Waals surface area (Å²) in [6.45, 7) is 2.14. The maximum absolute atomic E-state index is 2.29. The first-order chi connectivity index (χ1) is 15.8. The van der Waals surface area contributed by atoms with Gasteiger partial charge in [-0.15, -0.1) is 0 Å². The number of aryl methyl sites for hydroxylation is 1. The van der Waals surface area contributed by atoms with E-state index in [2.05, 4.69) is 134 Å². The van der Waals surface area contributed by atoms with E-state index in [1.165, 1.54) is 50.1 Å². The van der Waals surface area contributed by atoms with E-state index in [1.54, 1.807) is 0 Å². The lowest BCUT2D eigenvalue weighted by atomic mass is 9.95. The van der Waals surface area contributed by atoms with Crippen molar-refractivity contribution in [3.8, 4) is 33.4 Å². The van der Waals surface area contributed by atoms with E-state index in [-0.39, 0.29) is 0 Å². The van der Waals surface area contributed by atoms with Crippen LogP contribution >= 0.6 is 0 Å². The fourth-order valence-corrected chi connectivity index (χ4v) is 4.21. The van der Waals surface area contributed by atoms with Crippen molar-refractivity contribution in [1.82, 2.24) is 0 Å². The number of allylic oxidation sites excluding steroid dienone is 6. The first kappa shape index (κ1) is 20.0. The van der Waals surface area contributed by atoms with E-state index in [0.717, 1.165) is 6.42 Å². The van der Waals surface area contributed by atoms with Crippen LogP contribution in [0.1, 0.15) is 17.5 Å². The van der Waals surface area contributed by atoms with Gasteiger partial charge in [-0.3, -0.25) is 0 Å². The van der Waals surface area contributed by atoms with Gasteiger partial charge in [0, 0.05) is 0 Å². The van der Waals surface area contributed by atoms with Gasteiger partial charge in [-0.25, -0.2) is 0 Å². The summed E-state index contributed by atoms with van der Waals surface area (Å²) in [5.74, 6) is 0. The van der Waals surface area contributed by atoms with Crippen LogP contribution in [0.5, 0.6) is 0 Å². The molecule has 0 heterocycles. The lowest BCUT2D eigenvalue weighted by molar-refractivity contribution is 1.41. The molecule has 5 rings (SSSR count). The van der Waals surface area contributed by atoms with Crippen molar-refractivity contribution in [2.75, 3.05) is 0 Å². The molecular formula is C32H26. The van der Waals surface area contributed by atoms with Crippen LogP contribution in [0, 0.1) is 6.92 Å². The standard InChI is InChI=1S/C32H26/c1-24-9-6-12-28(21-24)30-14-8-16-32(23-30)31-15-7-13-29(22-31)27-19-17-26(18-20-27)25-10-4-2-3-5-11-25/h2,4-23H,3H2,1H3. The van der Waals surface area contributed by atoms with Crippen molar-refractivity contribution in [2.45, 2.75) is 13.3 Å². The Hall–Kier alpha value is -3.90. The average Bonchev–Trinajstić information content (AvgIpc) is 3.14. The molecule has 32 heavy (non-hydrogen) atoms. The second-order valence-electron chi connectivity index (χ2n) is 8.30. The van der Waals surface area contributed by atoms with Gasteiger partial charge in [-0.1, -0.05) is 121 Å². The Morgan fingerprint density at radius 2 is 1.03 bits per heavy atom. The molecule has 0 N–H and O–H groups in total. The summed E-state index contributed by atoms with van der Waals surface area (Å²) in [6, 6.07) is 35.2. The average molecular weight is 411 g/mol. The summed E-state index contributed by atoms with van der Waals surface area (Å²) < 4.78 is 0. The Morgan fingerprint density at radius 3 is 1.66 bits per heavy atom. The maximum Gasteiger partial charge on any atom is -0.0163 e.